The molecule has 2 N–H and O–H groups in total. The topological polar surface area (TPSA) is 32.3 Å². The Balaban J connectivity index is 2.15. The van der Waals surface area contributed by atoms with Crippen molar-refractivity contribution >= 4 is 0 Å². The highest BCUT2D eigenvalue weighted by atomic mass is 16.3. The van der Waals surface area contributed by atoms with Crippen molar-refractivity contribution < 1.29 is 5.11 Å². The maximum absolute atomic E-state index is 9.80. The molecule has 1 aliphatic rings. The summed E-state index contributed by atoms with van der Waals surface area (Å²) < 4.78 is 0. The van der Waals surface area contributed by atoms with Gasteiger partial charge < -0.3 is 10.4 Å². The van der Waals surface area contributed by atoms with Crippen LogP contribution in [0, 0.1) is 11.8 Å². The number of aliphatic hydroxyl groups is 1. The minimum Gasteiger partial charge on any atom is -0.389 e. The summed E-state index contributed by atoms with van der Waals surface area (Å²) in [4.78, 5) is 0. The van der Waals surface area contributed by atoms with Gasteiger partial charge in [-0.05, 0) is 52.0 Å². The quantitative estimate of drug-likeness (QED) is 0.757. The highest BCUT2D eigenvalue weighted by molar-refractivity contribution is 4.80. The lowest BCUT2D eigenvalue weighted by Gasteiger charge is -2.30. The molecule has 1 aliphatic carbocycles. The maximum Gasteiger partial charge on any atom is 0.0741 e. The van der Waals surface area contributed by atoms with Gasteiger partial charge in [0.1, 0.15) is 0 Å². The van der Waals surface area contributed by atoms with Crippen LogP contribution in [-0.2, 0) is 0 Å². The summed E-state index contributed by atoms with van der Waals surface area (Å²) in [5.41, 5.74) is -0.611. The third kappa shape index (κ3) is 4.84. The van der Waals surface area contributed by atoms with Crippen LogP contribution in [0.2, 0.25) is 0 Å². The zero-order chi connectivity index (χ0) is 12.2. The molecule has 1 fully saturated rings. The molecule has 0 heterocycles. The minimum absolute atomic E-state index is 0.175. The van der Waals surface area contributed by atoms with Crippen molar-refractivity contribution in [2.24, 2.45) is 11.8 Å². The predicted molar refractivity (Wildman–Crippen MR) is 69.5 cm³/mol. The molecule has 0 amide bonds. The molecule has 0 radical (unpaired) electrons. The molecular weight excluding hydrogens is 198 g/mol. The van der Waals surface area contributed by atoms with Gasteiger partial charge in [0.25, 0.3) is 0 Å². The number of hydrogen-bond donors (Lipinski definition) is 2. The number of hydrogen-bond acceptors (Lipinski definition) is 2. The highest BCUT2D eigenvalue weighted by Gasteiger charge is 2.22. The van der Waals surface area contributed by atoms with Crippen molar-refractivity contribution in [1.29, 1.82) is 0 Å². The predicted octanol–water partition coefficient (Wildman–Crippen LogP) is 2.95. The summed E-state index contributed by atoms with van der Waals surface area (Å²) in [6.45, 7) is 9.21. The third-order valence-corrected chi connectivity index (χ3v) is 4.11. The number of rotatable bonds is 5. The summed E-state index contributed by atoms with van der Waals surface area (Å²) in [6, 6.07) is 0.175. The molecule has 16 heavy (non-hydrogen) atoms. The Bertz CT molecular complexity index is 197. The van der Waals surface area contributed by atoms with Crippen LogP contribution in [0.25, 0.3) is 0 Å². The van der Waals surface area contributed by atoms with E-state index in [1.165, 1.54) is 32.1 Å². The molecule has 0 aromatic carbocycles. The Morgan fingerprint density at radius 2 is 2.06 bits per heavy atom. The van der Waals surface area contributed by atoms with Gasteiger partial charge in [0.2, 0.25) is 0 Å². The Morgan fingerprint density at radius 1 is 1.38 bits per heavy atom. The van der Waals surface area contributed by atoms with E-state index in [4.69, 9.17) is 0 Å². The minimum atomic E-state index is -0.611. The molecule has 3 unspecified atom stereocenters. The van der Waals surface area contributed by atoms with E-state index in [0.29, 0.717) is 0 Å². The molecule has 0 saturated heterocycles. The van der Waals surface area contributed by atoms with Crippen LogP contribution < -0.4 is 5.32 Å². The van der Waals surface area contributed by atoms with E-state index in [1.807, 2.05) is 13.8 Å². The molecule has 0 aliphatic heterocycles. The number of nitrogens with one attached hydrogen (secondary N) is 1. The average Bonchev–Trinajstić information content (AvgIpc) is 2.16. The van der Waals surface area contributed by atoms with Crippen LogP contribution in [0.5, 0.6) is 0 Å². The molecule has 1 saturated carbocycles. The van der Waals surface area contributed by atoms with Crippen molar-refractivity contribution in [2.45, 2.75) is 71.4 Å². The molecule has 1 rings (SSSR count). The van der Waals surface area contributed by atoms with Gasteiger partial charge >= 0.3 is 0 Å². The zero-order valence-corrected chi connectivity index (χ0v) is 11.4. The summed E-state index contributed by atoms with van der Waals surface area (Å²) in [7, 11) is 0. The smallest absolute Gasteiger partial charge is 0.0741 e. The Hall–Kier alpha value is -0.0800. The first-order valence-corrected chi connectivity index (χ1v) is 6.85. The first-order chi connectivity index (χ1) is 7.39. The molecule has 96 valence electrons. The fourth-order valence-corrected chi connectivity index (χ4v) is 2.58. The van der Waals surface area contributed by atoms with Crippen LogP contribution in [-0.4, -0.2) is 23.3 Å². The molecular formula is C14H29NO. The van der Waals surface area contributed by atoms with Crippen molar-refractivity contribution in [2.75, 3.05) is 6.54 Å². The van der Waals surface area contributed by atoms with Crippen LogP contribution in [0.4, 0.5) is 0 Å². The summed E-state index contributed by atoms with van der Waals surface area (Å²) in [6.07, 6.45) is 6.91. The van der Waals surface area contributed by atoms with Gasteiger partial charge in [0, 0.05) is 6.04 Å². The van der Waals surface area contributed by atoms with E-state index >= 15 is 0 Å². The fourth-order valence-electron chi connectivity index (χ4n) is 2.58. The lowest BCUT2D eigenvalue weighted by atomic mass is 9.81. The molecule has 3 atom stereocenters. The van der Waals surface area contributed by atoms with Gasteiger partial charge in [-0.15, -0.1) is 0 Å². The molecule has 0 aromatic rings. The lowest BCUT2D eigenvalue weighted by Crippen LogP contribution is -2.45. The van der Waals surface area contributed by atoms with Gasteiger partial charge in [-0.2, -0.15) is 0 Å². The molecule has 2 nitrogen and oxygen atoms in total. The van der Waals surface area contributed by atoms with Gasteiger partial charge in [-0.3, -0.25) is 0 Å². The SMILES string of the molecule is CC1CCCC(CCNC(C)C(C)(C)O)C1. The monoisotopic (exact) mass is 227 g/mol. The van der Waals surface area contributed by atoms with Crippen LogP contribution in [0.15, 0.2) is 0 Å². The van der Waals surface area contributed by atoms with E-state index in [-0.39, 0.29) is 6.04 Å². The van der Waals surface area contributed by atoms with Crippen LogP contribution >= 0.6 is 0 Å². The van der Waals surface area contributed by atoms with Gasteiger partial charge in [-0.25, -0.2) is 0 Å². The lowest BCUT2D eigenvalue weighted by molar-refractivity contribution is 0.0436. The maximum atomic E-state index is 9.80. The summed E-state index contributed by atoms with van der Waals surface area (Å²) in [5, 5.41) is 13.2. The van der Waals surface area contributed by atoms with E-state index in [1.54, 1.807) is 0 Å². The summed E-state index contributed by atoms with van der Waals surface area (Å²) in [5.74, 6) is 1.83. The van der Waals surface area contributed by atoms with Crippen molar-refractivity contribution in [1.82, 2.24) is 5.32 Å². The Morgan fingerprint density at radius 3 is 2.62 bits per heavy atom. The second kappa shape index (κ2) is 6.02. The highest BCUT2D eigenvalue weighted by Crippen LogP contribution is 2.30. The van der Waals surface area contributed by atoms with Gasteiger partial charge in [0.15, 0.2) is 0 Å². The first-order valence-electron chi connectivity index (χ1n) is 6.85. The summed E-state index contributed by atoms with van der Waals surface area (Å²) >= 11 is 0. The van der Waals surface area contributed by atoms with Crippen LogP contribution in [0.1, 0.15) is 59.8 Å². The molecule has 0 spiro atoms. The Labute approximate surface area is 101 Å². The molecule has 0 aromatic heterocycles. The van der Waals surface area contributed by atoms with Crippen molar-refractivity contribution in [3.63, 3.8) is 0 Å². The van der Waals surface area contributed by atoms with Gasteiger partial charge in [0.05, 0.1) is 5.60 Å². The molecule has 2 heteroatoms. The Kier molecular flexibility index (Phi) is 5.26. The van der Waals surface area contributed by atoms with E-state index < -0.39 is 5.60 Å². The third-order valence-electron chi connectivity index (χ3n) is 4.11. The standard InChI is InChI=1S/C14H29NO/c1-11-6-5-7-13(10-11)8-9-15-12(2)14(3,4)16/h11-13,15-16H,5-10H2,1-4H3. The molecule has 0 bridgehead atoms. The second-order valence-corrected chi connectivity index (χ2v) is 6.26. The van der Waals surface area contributed by atoms with Crippen LogP contribution in [0.3, 0.4) is 0 Å². The van der Waals surface area contributed by atoms with E-state index in [0.717, 1.165) is 18.4 Å². The van der Waals surface area contributed by atoms with Crippen molar-refractivity contribution in [3.8, 4) is 0 Å². The van der Waals surface area contributed by atoms with E-state index in [2.05, 4.69) is 19.2 Å². The second-order valence-electron chi connectivity index (χ2n) is 6.26. The first kappa shape index (κ1) is 14.0. The average molecular weight is 227 g/mol. The van der Waals surface area contributed by atoms with E-state index in [9.17, 15) is 5.11 Å². The zero-order valence-electron chi connectivity index (χ0n) is 11.4. The van der Waals surface area contributed by atoms with Crippen molar-refractivity contribution in [3.05, 3.63) is 0 Å². The fraction of sp³-hybridized carbons (Fsp3) is 1.00. The van der Waals surface area contributed by atoms with Gasteiger partial charge in [-0.1, -0.05) is 26.2 Å². The largest absolute Gasteiger partial charge is 0.389 e. The normalized spacial score (nSPS) is 29.1.